The molecule has 0 aromatic heterocycles. The molecule has 0 aliphatic rings. The van der Waals surface area contributed by atoms with Crippen LogP contribution in [0.3, 0.4) is 0 Å². The minimum atomic E-state index is -4.71. The fourth-order valence-electron chi connectivity index (χ4n) is 1.71. The number of methoxy groups -OCH3 is 1. The van der Waals surface area contributed by atoms with Gasteiger partial charge in [-0.1, -0.05) is 6.07 Å². The molecule has 8 heteroatoms. The van der Waals surface area contributed by atoms with Gasteiger partial charge in [-0.25, -0.2) is 0 Å². The molecule has 0 saturated heterocycles. The predicted molar refractivity (Wildman–Crippen MR) is 60.2 cm³/mol. The van der Waals surface area contributed by atoms with Gasteiger partial charge in [0.05, 0.1) is 12.7 Å². The maximum Gasteiger partial charge on any atom is 0.416 e. The van der Waals surface area contributed by atoms with Gasteiger partial charge in [0.15, 0.2) is 0 Å². The minimum absolute atomic E-state index is 0.0379. The smallest absolute Gasteiger partial charge is 0.416 e. The summed E-state index contributed by atoms with van der Waals surface area (Å²) in [6.45, 7) is 0. The number of alkyl halides is 6. The van der Waals surface area contributed by atoms with Crippen LogP contribution in [0.15, 0.2) is 18.2 Å². The maximum absolute atomic E-state index is 12.9. The first-order valence-corrected chi connectivity index (χ1v) is 5.62. The van der Waals surface area contributed by atoms with Crippen LogP contribution in [0.2, 0.25) is 0 Å². The number of benzene rings is 1. The van der Waals surface area contributed by atoms with Gasteiger partial charge in [-0.2, -0.15) is 26.3 Å². The lowest BCUT2D eigenvalue weighted by atomic mass is 9.96. The van der Waals surface area contributed by atoms with Crippen molar-refractivity contribution in [3.63, 3.8) is 0 Å². The molecule has 114 valence electrons. The lowest BCUT2D eigenvalue weighted by molar-refractivity contribution is -0.139. The van der Waals surface area contributed by atoms with Crippen LogP contribution in [-0.4, -0.2) is 13.3 Å². The first kappa shape index (κ1) is 16.6. The number of rotatable bonds is 4. The number of hydrogen-bond donors (Lipinski definition) is 1. The number of ether oxygens (including phenoxy) is 1. The number of nitrogens with two attached hydrogens (primary N) is 1. The molecule has 20 heavy (non-hydrogen) atoms. The third kappa shape index (κ3) is 4.59. The summed E-state index contributed by atoms with van der Waals surface area (Å²) < 4.78 is 79.5. The molecule has 0 aliphatic heterocycles. The van der Waals surface area contributed by atoms with E-state index in [4.69, 9.17) is 5.73 Å². The third-order valence-electron chi connectivity index (χ3n) is 2.70. The molecule has 0 fully saturated rings. The van der Waals surface area contributed by atoms with Gasteiger partial charge in [-0.05, 0) is 24.1 Å². The normalized spacial score (nSPS) is 14.2. The van der Waals surface area contributed by atoms with Gasteiger partial charge in [0, 0.05) is 12.5 Å². The zero-order chi connectivity index (χ0) is 15.6. The highest BCUT2D eigenvalue weighted by Crippen LogP contribution is 2.38. The molecular formula is C12H13F6NO. The summed E-state index contributed by atoms with van der Waals surface area (Å²) in [4.78, 5) is 0. The Morgan fingerprint density at radius 3 is 2.20 bits per heavy atom. The highest BCUT2D eigenvalue weighted by atomic mass is 19.4. The van der Waals surface area contributed by atoms with E-state index in [0.29, 0.717) is 0 Å². The molecule has 1 rings (SSSR count). The third-order valence-corrected chi connectivity index (χ3v) is 2.70. The van der Waals surface area contributed by atoms with Gasteiger partial charge in [-0.15, -0.1) is 0 Å². The molecule has 0 aliphatic carbocycles. The molecule has 0 bridgehead atoms. The van der Waals surface area contributed by atoms with E-state index in [1.54, 1.807) is 0 Å². The van der Waals surface area contributed by atoms with E-state index in [1.165, 1.54) is 13.2 Å². The van der Waals surface area contributed by atoms with Crippen LogP contribution >= 0.6 is 0 Å². The summed E-state index contributed by atoms with van der Waals surface area (Å²) >= 11 is 0. The molecule has 0 spiro atoms. The summed E-state index contributed by atoms with van der Waals surface area (Å²) in [7, 11) is 1.19. The highest BCUT2D eigenvalue weighted by Gasteiger charge is 2.36. The Kier molecular flexibility index (Phi) is 4.90. The second-order valence-electron chi connectivity index (χ2n) is 4.21. The first-order chi connectivity index (χ1) is 9.04. The lowest BCUT2D eigenvalue weighted by Gasteiger charge is -2.19. The van der Waals surface area contributed by atoms with Crippen LogP contribution in [0, 0.1) is 0 Å². The Morgan fingerprint density at radius 2 is 1.75 bits per heavy atom. The average molecular weight is 301 g/mol. The van der Waals surface area contributed by atoms with Crippen molar-refractivity contribution in [2.75, 3.05) is 7.11 Å². The first-order valence-electron chi connectivity index (χ1n) is 5.62. The zero-order valence-corrected chi connectivity index (χ0v) is 10.5. The molecular weight excluding hydrogens is 288 g/mol. The molecule has 1 atom stereocenters. The fourth-order valence-corrected chi connectivity index (χ4v) is 1.71. The van der Waals surface area contributed by atoms with Gasteiger partial charge < -0.3 is 10.5 Å². The van der Waals surface area contributed by atoms with Gasteiger partial charge in [0.2, 0.25) is 0 Å². The molecule has 0 heterocycles. The largest absolute Gasteiger partial charge is 0.497 e. The van der Waals surface area contributed by atoms with Crippen molar-refractivity contribution in [3.05, 3.63) is 29.3 Å². The fraction of sp³-hybridized carbons (Fsp3) is 0.500. The summed E-state index contributed by atoms with van der Waals surface area (Å²) in [6.07, 6.45) is -11.0. The van der Waals surface area contributed by atoms with E-state index in [0.717, 1.165) is 12.1 Å². The van der Waals surface area contributed by atoms with Gasteiger partial charge in [0.25, 0.3) is 0 Å². The van der Waals surface area contributed by atoms with Crippen LogP contribution in [0.4, 0.5) is 26.3 Å². The van der Waals surface area contributed by atoms with Crippen molar-refractivity contribution in [2.24, 2.45) is 5.73 Å². The molecule has 0 amide bonds. The van der Waals surface area contributed by atoms with Crippen molar-refractivity contribution in [2.45, 2.75) is 31.2 Å². The van der Waals surface area contributed by atoms with E-state index >= 15 is 0 Å². The number of halogens is 6. The summed E-state index contributed by atoms with van der Waals surface area (Å²) in [5.41, 5.74) is 4.00. The molecule has 1 aromatic carbocycles. The summed E-state index contributed by atoms with van der Waals surface area (Å²) in [6, 6.07) is 1.66. The summed E-state index contributed by atoms with van der Waals surface area (Å²) in [5, 5.41) is 0. The highest BCUT2D eigenvalue weighted by molar-refractivity contribution is 5.39. The zero-order valence-electron chi connectivity index (χ0n) is 10.5. The Bertz CT molecular complexity index is 454. The second-order valence-corrected chi connectivity index (χ2v) is 4.21. The van der Waals surface area contributed by atoms with Crippen LogP contribution in [0.1, 0.15) is 30.0 Å². The monoisotopic (exact) mass is 301 g/mol. The molecule has 1 aromatic rings. The SMILES string of the molecule is COc1ccc([C@H](N)CCC(F)(F)F)c(C(F)(F)F)c1. The van der Waals surface area contributed by atoms with Crippen LogP contribution in [0.5, 0.6) is 5.75 Å². The van der Waals surface area contributed by atoms with Crippen molar-refractivity contribution in [1.29, 1.82) is 0 Å². The van der Waals surface area contributed by atoms with Crippen LogP contribution in [-0.2, 0) is 6.18 Å². The standard InChI is InChI=1S/C12H13F6NO/c1-20-7-2-3-8(9(6-7)12(16,17)18)10(19)4-5-11(13,14)15/h2-3,6,10H,4-5,19H2,1H3/t10-/m1/s1. The van der Waals surface area contributed by atoms with Crippen molar-refractivity contribution >= 4 is 0 Å². The van der Waals surface area contributed by atoms with E-state index in [1.807, 2.05) is 0 Å². The second kappa shape index (κ2) is 5.90. The van der Waals surface area contributed by atoms with Crippen molar-refractivity contribution < 1.29 is 31.1 Å². The van der Waals surface area contributed by atoms with Crippen LogP contribution < -0.4 is 10.5 Å². The molecule has 0 saturated carbocycles. The summed E-state index contributed by atoms with van der Waals surface area (Å²) in [5.74, 6) is -0.0379. The Balaban J connectivity index is 3.04. The van der Waals surface area contributed by atoms with E-state index < -0.39 is 36.8 Å². The van der Waals surface area contributed by atoms with E-state index in [9.17, 15) is 26.3 Å². The van der Waals surface area contributed by atoms with Crippen LogP contribution in [0.25, 0.3) is 0 Å². The minimum Gasteiger partial charge on any atom is -0.497 e. The lowest BCUT2D eigenvalue weighted by Crippen LogP contribution is -2.20. The van der Waals surface area contributed by atoms with Crippen molar-refractivity contribution in [1.82, 2.24) is 0 Å². The topological polar surface area (TPSA) is 35.2 Å². The van der Waals surface area contributed by atoms with Gasteiger partial charge in [0.1, 0.15) is 5.75 Å². The van der Waals surface area contributed by atoms with Gasteiger partial charge in [-0.3, -0.25) is 0 Å². The van der Waals surface area contributed by atoms with Gasteiger partial charge >= 0.3 is 12.4 Å². The predicted octanol–water partition coefficient (Wildman–Crippen LogP) is 4.06. The molecule has 0 radical (unpaired) electrons. The molecule has 0 unspecified atom stereocenters. The molecule has 2 nitrogen and oxygen atoms in total. The Hall–Kier alpha value is -1.44. The average Bonchev–Trinajstić information content (AvgIpc) is 2.33. The quantitative estimate of drug-likeness (QED) is 0.851. The van der Waals surface area contributed by atoms with Crippen molar-refractivity contribution in [3.8, 4) is 5.75 Å². The Morgan fingerprint density at radius 1 is 1.15 bits per heavy atom. The number of hydrogen-bond acceptors (Lipinski definition) is 2. The maximum atomic E-state index is 12.9. The Labute approximate surface area is 111 Å². The van der Waals surface area contributed by atoms with E-state index in [-0.39, 0.29) is 11.3 Å². The molecule has 2 N–H and O–H groups in total. The van der Waals surface area contributed by atoms with E-state index in [2.05, 4.69) is 4.74 Å².